The van der Waals surface area contributed by atoms with Gasteiger partial charge in [0.1, 0.15) is 0 Å². The Labute approximate surface area is 103 Å². The van der Waals surface area contributed by atoms with E-state index in [0.717, 1.165) is 17.9 Å². The molecule has 2 heterocycles. The van der Waals surface area contributed by atoms with Crippen molar-refractivity contribution in [1.82, 2.24) is 20.2 Å². The van der Waals surface area contributed by atoms with Crippen molar-refractivity contribution in [1.29, 1.82) is 0 Å². The SMILES string of the molecule is NCc1nnn(-c2ccc3c(c2)OCCCO3)n1. The number of rotatable bonds is 2. The van der Waals surface area contributed by atoms with Crippen LogP contribution < -0.4 is 15.2 Å². The quantitative estimate of drug-likeness (QED) is 0.820. The maximum atomic E-state index is 5.60. The summed E-state index contributed by atoms with van der Waals surface area (Å²) in [4.78, 5) is 1.43. The van der Waals surface area contributed by atoms with E-state index < -0.39 is 0 Å². The number of nitrogens with zero attached hydrogens (tertiary/aromatic N) is 4. The topological polar surface area (TPSA) is 88.1 Å². The molecule has 0 saturated heterocycles. The van der Waals surface area contributed by atoms with E-state index in [9.17, 15) is 0 Å². The van der Waals surface area contributed by atoms with E-state index in [1.165, 1.54) is 4.80 Å². The summed E-state index contributed by atoms with van der Waals surface area (Å²) in [6.45, 7) is 1.59. The highest BCUT2D eigenvalue weighted by atomic mass is 16.5. The smallest absolute Gasteiger partial charge is 0.188 e. The Kier molecular flexibility index (Phi) is 2.81. The Morgan fingerprint density at radius 1 is 1.22 bits per heavy atom. The van der Waals surface area contributed by atoms with E-state index >= 15 is 0 Å². The number of aromatic nitrogens is 4. The molecule has 2 N–H and O–H groups in total. The first-order valence-corrected chi connectivity index (χ1v) is 5.76. The fourth-order valence-electron chi connectivity index (χ4n) is 1.71. The zero-order valence-electron chi connectivity index (χ0n) is 9.74. The van der Waals surface area contributed by atoms with Crippen LogP contribution >= 0.6 is 0 Å². The number of tetrazole rings is 1. The van der Waals surface area contributed by atoms with Crippen LogP contribution in [0.25, 0.3) is 5.69 Å². The average molecular weight is 247 g/mol. The van der Waals surface area contributed by atoms with Crippen molar-refractivity contribution in [3.8, 4) is 17.2 Å². The van der Waals surface area contributed by atoms with E-state index in [4.69, 9.17) is 15.2 Å². The molecule has 1 aromatic heterocycles. The van der Waals surface area contributed by atoms with Crippen LogP contribution in [0.15, 0.2) is 18.2 Å². The van der Waals surface area contributed by atoms with E-state index in [-0.39, 0.29) is 6.54 Å². The molecular weight excluding hydrogens is 234 g/mol. The largest absolute Gasteiger partial charge is 0.490 e. The number of hydrogen-bond donors (Lipinski definition) is 1. The highest BCUT2D eigenvalue weighted by Gasteiger charge is 2.12. The third-order valence-electron chi connectivity index (χ3n) is 2.60. The fraction of sp³-hybridized carbons (Fsp3) is 0.364. The van der Waals surface area contributed by atoms with Crippen LogP contribution in [0, 0.1) is 0 Å². The summed E-state index contributed by atoms with van der Waals surface area (Å²) in [6, 6.07) is 5.54. The van der Waals surface area contributed by atoms with Gasteiger partial charge in [0.25, 0.3) is 0 Å². The normalized spacial score (nSPS) is 14.3. The summed E-state index contributed by atoms with van der Waals surface area (Å²) in [6.07, 6.45) is 0.878. The van der Waals surface area contributed by atoms with Crippen LogP contribution in [0.2, 0.25) is 0 Å². The second-order valence-corrected chi connectivity index (χ2v) is 3.88. The molecule has 1 aromatic carbocycles. The fourth-order valence-corrected chi connectivity index (χ4v) is 1.71. The molecule has 18 heavy (non-hydrogen) atoms. The predicted octanol–water partition coefficient (Wildman–Crippen LogP) is 0.282. The lowest BCUT2D eigenvalue weighted by atomic mass is 10.3. The minimum atomic E-state index is 0.268. The van der Waals surface area contributed by atoms with Crippen LogP contribution in [-0.2, 0) is 6.54 Å². The second kappa shape index (κ2) is 4.61. The Bertz CT molecular complexity index is 554. The molecule has 0 bridgehead atoms. The molecule has 1 aliphatic rings. The highest BCUT2D eigenvalue weighted by molar-refractivity contribution is 5.48. The molecule has 0 atom stereocenters. The first-order chi connectivity index (χ1) is 8.86. The van der Waals surface area contributed by atoms with Crippen LogP contribution in [0.5, 0.6) is 11.5 Å². The van der Waals surface area contributed by atoms with Crippen molar-refractivity contribution >= 4 is 0 Å². The first kappa shape index (κ1) is 11.0. The van der Waals surface area contributed by atoms with Gasteiger partial charge in [0.2, 0.25) is 0 Å². The molecule has 0 aliphatic carbocycles. The first-order valence-electron chi connectivity index (χ1n) is 5.76. The number of nitrogens with two attached hydrogens (primary N) is 1. The van der Waals surface area contributed by atoms with Crippen LogP contribution in [-0.4, -0.2) is 33.4 Å². The van der Waals surface area contributed by atoms with Crippen LogP contribution in [0.1, 0.15) is 12.2 Å². The third-order valence-corrected chi connectivity index (χ3v) is 2.60. The van der Waals surface area contributed by atoms with Gasteiger partial charge in [-0.25, -0.2) is 0 Å². The zero-order valence-corrected chi connectivity index (χ0v) is 9.74. The van der Waals surface area contributed by atoms with Gasteiger partial charge in [0, 0.05) is 12.5 Å². The molecule has 2 aromatic rings. The number of benzene rings is 1. The molecule has 0 unspecified atom stereocenters. The van der Waals surface area contributed by atoms with E-state index in [2.05, 4.69) is 15.4 Å². The lowest BCUT2D eigenvalue weighted by Crippen LogP contribution is -2.02. The molecule has 0 fully saturated rings. The Hall–Kier alpha value is -2.15. The third kappa shape index (κ3) is 2.00. The minimum absolute atomic E-state index is 0.268. The monoisotopic (exact) mass is 247 g/mol. The van der Waals surface area contributed by atoms with Crippen LogP contribution in [0.4, 0.5) is 0 Å². The van der Waals surface area contributed by atoms with Gasteiger partial charge in [0.15, 0.2) is 17.3 Å². The van der Waals surface area contributed by atoms with Gasteiger partial charge in [-0.3, -0.25) is 0 Å². The van der Waals surface area contributed by atoms with Crippen molar-refractivity contribution in [2.24, 2.45) is 5.73 Å². The van der Waals surface area contributed by atoms with Crippen molar-refractivity contribution in [3.63, 3.8) is 0 Å². The standard InChI is InChI=1S/C11H13N5O2/c12-7-11-13-15-16(14-11)8-2-3-9-10(6-8)18-5-1-4-17-9/h2-3,6H,1,4-5,7,12H2. The van der Waals surface area contributed by atoms with E-state index in [1.807, 2.05) is 18.2 Å². The summed E-state index contributed by atoms with van der Waals surface area (Å²) in [5, 5.41) is 11.9. The van der Waals surface area contributed by atoms with E-state index in [0.29, 0.717) is 24.8 Å². The molecule has 7 heteroatoms. The van der Waals surface area contributed by atoms with Crippen molar-refractivity contribution in [3.05, 3.63) is 24.0 Å². The summed E-state index contributed by atoms with van der Waals surface area (Å²) in [5.41, 5.74) is 6.22. The second-order valence-electron chi connectivity index (χ2n) is 3.88. The molecular formula is C11H13N5O2. The Morgan fingerprint density at radius 3 is 2.83 bits per heavy atom. The van der Waals surface area contributed by atoms with Crippen molar-refractivity contribution < 1.29 is 9.47 Å². The van der Waals surface area contributed by atoms with Gasteiger partial charge in [-0.1, -0.05) is 0 Å². The maximum absolute atomic E-state index is 5.60. The minimum Gasteiger partial charge on any atom is -0.490 e. The summed E-state index contributed by atoms with van der Waals surface area (Å²) >= 11 is 0. The lowest BCUT2D eigenvalue weighted by Gasteiger charge is -2.08. The molecule has 1 aliphatic heterocycles. The Morgan fingerprint density at radius 2 is 2.06 bits per heavy atom. The van der Waals surface area contributed by atoms with Gasteiger partial charge in [-0.15, -0.1) is 15.0 Å². The van der Waals surface area contributed by atoms with Gasteiger partial charge in [0.05, 0.1) is 25.4 Å². The molecule has 7 nitrogen and oxygen atoms in total. The van der Waals surface area contributed by atoms with Crippen molar-refractivity contribution in [2.45, 2.75) is 13.0 Å². The number of ether oxygens (including phenoxy) is 2. The average Bonchev–Trinajstić information content (AvgIpc) is 2.76. The molecule has 3 rings (SSSR count). The number of hydrogen-bond acceptors (Lipinski definition) is 6. The van der Waals surface area contributed by atoms with Crippen molar-refractivity contribution in [2.75, 3.05) is 13.2 Å². The zero-order chi connectivity index (χ0) is 12.4. The van der Waals surface area contributed by atoms with Gasteiger partial charge >= 0.3 is 0 Å². The molecule has 0 saturated carbocycles. The van der Waals surface area contributed by atoms with Gasteiger partial charge < -0.3 is 15.2 Å². The predicted molar refractivity (Wildman–Crippen MR) is 62.7 cm³/mol. The van der Waals surface area contributed by atoms with E-state index in [1.54, 1.807) is 0 Å². The van der Waals surface area contributed by atoms with Crippen LogP contribution in [0.3, 0.4) is 0 Å². The summed E-state index contributed by atoms with van der Waals surface area (Å²) in [7, 11) is 0. The highest BCUT2D eigenvalue weighted by Crippen LogP contribution is 2.31. The van der Waals surface area contributed by atoms with Gasteiger partial charge in [-0.05, 0) is 17.3 Å². The number of fused-ring (bicyclic) bond motifs is 1. The maximum Gasteiger partial charge on any atom is 0.188 e. The lowest BCUT2D eigenvalue weighted by molar-refractivity contribution is 0.297. The summed E-state index contributed by atoms with van der Waals surface area (Å²) < 4.78 is 11.2. The molecule has 0 amide bonds. The molecule has 0 radical (unpaired) electrons. The Balaban J connectivity index is 1.95. The molecule has 94 valence electrons. The summed E-state index contributed by atoms with van der Waals surface area (Å²) in [5.74, 6) is 1.95. The molecule has 0 spiro atoms. The van der Waals surface area contributed by atoms with Gasteiger partial charge in [-0.2, -0.15) is 0 Å².